The van der Waals surface area contributed by atoms with Crippen molar-refractivity contribution in [3.05, 3.63) is 63.5 Å². The summed E-state index contributed by atoms with van der Waals surface area (Å²) in [4.78, 5) is 26.9. The molecule has 0 unspecified atom stereocenters. The first kappa shape index (κ1) is 19.3. The van der Waals surface area contributed by atoms with Crippen molar-refractivity contribution in [2.75, 3.05) is 4.90 Å². The van der Waals surface area contributed by atoms with Crippen LogP contribution in [-0.2, 0) is 16.1 Å². The molecule has 0 radical (unpaired) electrons. The lowest BCUT2D eigenvalue weighted by Gasteiger charge is -2.18. The van der Waals surface area contributed by atoms with Gasteiger partial charge in [-0.1, -0.05) is 34.6 Å². The largest absolute Gasteiger partial charge is 0.467 e. The minimum Gasteiger partial charge on any atom is -0.467 e. The van der Waals surface area contributed by atoms with Crippen LogP contribution in [0.4, 0.5) is 5.69 Å². The summed E-state index contributed by atoms with van der Waals surface area (Å²) in [6.45, 7) is 2.07. The van der Waals surface area contributed by atoms with E-state index in [2.05, 4.69) is 21.2 Å². The van der Waals surface area contributed by atoms with Gasteiger partial charge in [-0.2, -0.15) is 5.26 Å². The molecule has 3 rings (SSSR count). The molecule has 0 bridgehead atoms. The van der Waals surface area contributed by atoms with Crippen molar-refractivity contribution in [3.8, 4) is 6.07 Å². The fourth-order valence-corrected chi connectivity index (χ4v) is 4.07. The Morgan fingerprint density at radius 2 is 2.11 bits per heavy atom. The van der Waals surface area contributed by atoms with E-state index in [0.29, 0.717) is 22.9 Å². The lowest BCUT2D eigenvalue weighted by Crippen LogP contribution is -2.31. The number of hydrogen-bond donors (Lipinski definition) is 1. The highest BCUT2D eigenvalue weighted by molar-refractivity contribution is 9.10. The lowest BCUT2D eigenvalue weighted by molar-refractivity contribution is -0.117. The van der Waals surface area contributed by atoms with E-state index >= 15 is 0 Å². The Morgan fingerprint density at radius 3 is 2.70 bits per heavy atom. The molecule has 1 atom stereocenters. The van der Waals surface area contributed by atoms with Gasteiger partial charge in [-0.05, 0) is 42.8 Å². The van der Waals surface area contributed by atoms with Crippen LogP contribution in [-0.4, -0.2) is 17.1 Å². The van der Waals surface area contributed by atoms with Crippen LogP contribution in [0.2, 0.25) is 0 Å². The van der Waals surface area contributed by atoms with Gasteiger partial charge in [-0.3, -0.25) is 14.5 Å². The smallest absolute Gasteiger partial charge is 0.265 e. The first-order valence-electron chi connectivity index (χ1n) is 8.26. The van der Waals surface area contributed by atoms with Crippen molar-refractivity contribution in [2.24, 2.45) is 0 Å². The van der Waals surface area contributed by atoms with Crippen molar-refractivity contribution in [2.45, 2.75) is 25.1 Å². The molecule has 0 saturated carbocycles. The summed E-state index contributed by atoms with van der Waals surface area (Å²) in [5.74, 6) is -0.0912. The number of nitrogens with zero attached hydrogens (tertiary/aromatic N) is 2. The molecule has 2 heterocycles. The Bertz CT molecular complexity index is 917. The second-order valence-corrected chi connectivity index (χ2v) is 7.83. The standard InChI is InChI=1S/C19H16BrN3O3S/c1-2-16-18(25)23(13-7-5-12(20)6-8-13)19(27-16)15(10-21)17(24)22-11-14-4-3-9-26-14/h3-9,16H,2,11H2,1H3,(H,22,24)/b19-15-/t16-/m1/s1. The van der Waals surface area contributed by atoms with Crippen LogP contribution in [0.3, 0.4) is 0 Å². The van der Waals surface area contributed by atoms with Gasteiger partial charge < -0.3 is 9.73 Å². The third-order valence-corrected chi connectivity index (χ3v) is 5.92. The number of thioether (sulfide) groups is 1. The number of rotatable bonds is 5. The number of halogens is 1. The number of nitrogens with one attached hydrogen (secondary N) is 1. The highest BCUT2D eigenvalue weighted by Gasteiger charge is 2.39. The monoisotopic (exact) mass is 445 g/mol. The normalized spacial score (nSPS) is 18.3. The molecule has 2 amide bonds. The predicted octanol–water partition coefficient (Wildman–Crippen LogP) is 3.95. The summed E-state index contributed by atoms with van der Waals surface area (Å²) in [6.07, 6.45) is 2.12. The van der Waals surface area contributed by atoms with Gasteiger partial charge in [0, 0.05) is 10.2 Å². The summed E-state index contributed by atoms with van der Waals surface area (Å²) in [7, 11) is 0. The molecule has 1 aromatic heterocycles. The van der Waals surface area contributed by atoms with Crippen LogP contribution >= 0.6 is 27.7 Å². The quantitative estimate of drug-likeness (QED) is 0.555. The molecule has 0 spiro atoms. The van der Waals surface area contributed by atoms with Gasteiger partial charge in [0.2, 0.25) is 5.91 Å². The minimum absolute atomic E-state index is 0.0845. The van der Waals surface area contributed by atoms with Crippen LogP contribution in [0, 0.1) is 11.3 Å². The van der Waals surface area contributed by atoms with E-state index in [1.165, 1.54) is 22.9 Å². The summed E-state index contributed by atoms with van der Waals surface area (Å²) < 4.78 is 6.06. The molecule has 1 aliphatic rings. The number of carbonyl (C=O) groups is 2. The highest BCUT2D eigenvalue weighted by Crippen LogP contribution is 2.41. The number of amides is 2. The summed E-state index contributed by atoms with van der Waals surface area (Å²) in [5.41, 5.74) is 0.534. The second kappa shape index (κ2) is 8.46. The molecule has 1 aromatic carbocycles. The van der Waals surface area contributed by atoms with Crippen molar-refractivity contribution in [1.29, 1.82) is 5.26 Å². The van der Waals surface area contributed by atoms with E-state index in [0.717, 1.165) is 4.47 Å². The van der Waals surface area contributed by atoms with Crippen molar-refractivity contribution < 1.29 is 14.0 Å². The van der Waals surface area contributed by atoms with Gasteiger partial charge in [-0.25, -0.2) is 0 Å². The van der Waals surface area contributed by atoms with Gasteiger partial charge in [0.1, 0.15) is 22.4 Å². The Labute approximate surface area is 169 Å². The topological polar surface area (TPSA) is 86.3 Å². The Balaban J connectivity index is 1.94. The summed E-state index contributed by atoms with van der Waals surface area (Å²) in [5, 5.41) is 12.3. The van der Waals surface area contributed by atoms with E-state index < -0.39 is 5.91 Å². The average Bonchev–Trinajstić information content (AvgIpc) is 3.29. The fraction of sp³-hybridized carbons (Fsp3) is 0.211. The second-order valence-electron chi connectivity index (χ2n) is 5.72. The Morgan fingerprint density at radius 1 is 1.37 bits per heavy atom. The van der Waals surface area contributed by atoms with Crippen molar-refractivity contribution >= 4 is 45.2 Å². The van der Waals surface area contributed by atoms with Gasteiger partial charge in [0.15, 0.2) is 0 Å². The highest BCUT2D eigenvalue weighted by atomic mass is 79.9. The Hall–Kier alpha value is -2.50. The molecular formula is C19H16BrN3O3S. The molecule has 27 heavy (non-hydrogen) atoms. The number of furan rings is 1. The maximum Gasteiger partial charge on any atom is 0.265 e. The van der Waals surface area contributed by atoms with Crippen LogP contribution in [0.5, 0.6) is 0 Å². The molecule has 8 heteroatoms. The molecule has 1 saturated heterocycles. The van der Waals surface area contributed by atoms with Crippen molar-refractivity contribution in [3.63, 3.8) is 0 Å². The van der Waals surface area contributed by atoms with Gasteiger partial charge in [0.05, 0.1) is 18.1 Å². The van der Waals surface area contributed by atoms with E-state index in [4.69, 9.17) is 4.42 Å². The number of nitriles is 1. The zero-order chi connectivity index (χ0) is 19.4. The zero-order valence-electron chi connectivity index (χ0n) is 14.4. The number of hydrogen-bond acceptors (Lipinski definition) is 5. The minimum atomic E-state index is -0.539. The Kier molecular flexibility index (Phi) is 6.04. The van der Waals surface area contributed by atoms with Crippen molar-refractivity contribution in [1.82, 2.24) is 5.32 Å². The summed E-state index contributed by atoms with van der Waals surface area (Å²) >= 11 is 4.62. The molecule has 1 fully saturated rings. The van der Waals surface area contributed by atoms with Crippen LogP contribution in [0.15, 0.2) is 62.2 Å². The van der Waals surface area contributed by atoms with Gasteiger partial charge in [-0.15, -0.1) is 0 Å². The maximum atomic E-state index is 12.8. The van der Waals surface area contributed by atoms with Gasteiger partial charge >= 0.3 is 0 Å². The van der Waals surface area contributed by atoms with Crippen LogP contribution < -0.4 is 10.2 Å². The third kappa shape index (κ3) is 4.10. The number of anilines is 1. The van der Waals surface area contributed by atoms with Gasteiger partial charge in [0.25, 0.3) is 5.91 Å². The summed E-state index contributed by atoms with van der Waals surface area (Å²) in [6, 6.07) is 12.6. The molecular weight excluding hydrogens is 430 g/mol. The fourth-order valence-electron chi connectivity index (χ4n) is 2.61. The SMILES string of the molecule is CC[C@H]1S/C(=C(/C#N)C(=O)NCc2ccco2)N(c2ccc(Br)cc2)C1=O. The zero-order valence-corrected chi connectivity index (χ0v) is 16.8. The number of benzene rings is 1. The van der Waals surface area contributed by atoms with E-state index in [-0.39, 0.29) is 23.3 Å². The van der Waals surface area contributed by atoms with Crippen LogP contribution in [0.25, 0.3) is 0 Å². The first-order valence-corrected chi connectivity index (χ1v) is 9.93. The molecule has 1 aliphatic heterocycles. The molecule has 2 aromatic rings. The molecule has 0 aliphatic carbocycles. The lowest BCUT2D eigenvalue weighted by atomic mass is 10.2. The van der Waals surface area contributed by atoms with E-state index in [1.807, 2.05) is 25.1 Å². The predicted molar refractivity (Wildman–Crippen MR) is 106 cm³/mol. The number of carbonyl (C=O) groups excluding carboxylic acids is 2. The molecule has 138 valence electrons. The molecule has 1 N–H and O–H groups in total. The first-order chi connectivity index (χ1) is 13.0. The molecule has 6 nitrogen and oxygen atoms in total. The van der Waals surface area contributed by atoms with Crippen LogP contribution in [0.1, 0.15) is 19.1 Å². The van der Waals surface area contributed by atoms with E-state index in [9.17, 15) is 14.9 Å². The average molecular weight is 446 g/mol. The van der Waals surface area contributed by atoms with E-state index in [1.54, 1.807) is 24.3 Å². The maximum absolute atomic E-state index is 12.8. The third-order valence-electron chi connectivity index (χ3n) is 3.96.